The summed E-state index contributed by atoms with van der Waals surface area (Å²) in [6.45, 7) is 1.93. The Balaban J connectivity index is 2.06. The SMILES string of the molecule is C[C@H]1O[C@@H]1[C@H](O)c1ccco1. The highest BCUT2D eigenvalue weighted by molar-refractivity contribution is 5.07. The fraction of sp³-hybridized carbons (Fsp3) is 0.500. The molecule has 1 aromatic heterocycles. The Hall–Kier alpha value is -0.800. The number of hydrogen-bond acceptors (Lipinski definition) is 3. The fourth-order valence-corrected chi connectivity index (χ4v) is 1.16. The zero-order chi connectivity index (χ0) is 7.84. The minimum absolute atomic E-state index is 0.0684. The summed E-state index contributed by atoms with van der Waals surface area (Å²) in [6.07, 6.45) is 1.04. The summed E-state index contributed by atoms with van der Waals surface area (Å²) < 4.78 is 10.1. The van der Waals surface area contributed by atoms with Crippen LogP contribution in [0.1, 0.15) is 18.8 Å². The second-order valence-corrected chi connectivity index (χ2v) is 2.77. The first kappa shape index (κ1) is 6.88. The molecule has 0 aliphatic carbocycles. The van der Waals surface area contributed by atoms with Crippen molar-refractivity contribution in [2.45, 2.75) is 25.2 Å². The maximum Gasteiger partial charge on any atom is 0.140 e. The normalized spacial score (nSPS) is 31.8. The monoisotopic (exact) mass is 154 g/mol. The Bertz CT molecular complexity index is 229. The van der Waals surface area contributed by atoms with E-state index < -0.39 is 6.10 Å². The van der Waals surface area contributed by atoms with Gasteiger partial charge in [-0.3, -0.25) is 0 Å². The average molecular weight is 154 g/mol. The minimum Gasteiger partial charge on any atom is -0.466 e. The molecule has 2 heterocycles. The summed E-state index contributed by atoms with van der Waals surface area (Å²) in [4.78, 5) is 0. The quantitative estimate of drug-likeness (QED) is 0.649. The molecule has 0 amide bonds. The summed E-state index contributed by atoms with van der Waals surface area (Å²) in [7, 11) is 0. The lowest BCUT2D eigenvalue weighted by Crippen LogP contribution is -2.05. The third-order valence-corrected chi connectivity index (χ3v) is 1.90. The van der Waals surface area contributed by atoms with Crippen LogP contribution >= 0.6 is 0 Å². The molecule has 0 bridgehead atoms. The molecule has 1 N–H and O–H groups in total. The summed E-state index contributed by atoms with van der Waals surface area (Å²) in [6, 6.07) is 3.50. The molecule has 0 unspecified atom stereocenters. The van der Waals surface area contributed by atoms with E-state index in [1.54, 1.807) is 18.4 Å². The second-order valence-electron chi connectivity index (χ2n) is 2.77. The summed E-state index contributed by atoms with van der Waals surface area (Å²) in [5.41, 5.74) is 0. The molecule has 1 saturated heterocycles. The van der Waals surface area contributed by atoms with Gasteiger partial charge in [-0.1, -0.05) is 0 Å². The van der Waals surface area contributed by atoms with Crippen LogP contribution in [0.2, 0.25) is 0 Å². The molecular formula is C8H10O3. The highest BCUT2D eigenvalue weighted by Crippen LogP contribution is 2.33. The van der Waals surface area contributed by atoms with Gasteiger partial charge in [0.25, 0.3) is 0 Å². The van der Waals surface area contributed by atoms with Crippen molar-refractivity contribution in [3.63, 3.8) is 0 Å². The number of furan rings is 1. The summed E-state index contributed by atoms with van der Waals surface area (Å²) in [5, 5.41) is 9.50. The zero-order valence-electron chi connectivity index (χ0n) is 6.23. The van der Waals surface area contributed by atoms with E-state index in [2.05, 4.69) is 0 Å². The number of hydrogen-bond donors (Lipinski definition) is 1. The highest BCUT2D eigenvalue weighted by Gasteiger charge is 2.42. The van der Waals surface area contributed by atoms with Gasteiger partial charge in [-0.05, 0) is 19.1 Å². The molecule has 3 nitrogen and oxygen atoms in total. The molecule has 0 spiro atoms. The van der Waals surface area contributed by atoms with Crippen LogP contribution in [0.3, 0.4) is 0 Å². The third-order valence-electron chi connectivity index (χ3n) is 1.90. The van der Waals surface area contributed by atoms with Crippen LogP contribution in [0, 0.1) is 0 Å². The summed E-state index contributed by atoms with van der Waals surface area (Å²) >= 11 is 0. The fourth-order valence-electron chi connectivity index (χ4n) is 1.16. The molecule has 0 radical (unpaired) electrons. The van der Waals surface area contributed by atoms with Gasteiger partial charge < -0.3 is 14.3 Å². The van der Waals surface area contributed by atoms with Crippen molar-refractivity contribution in [3.05, 3.63) is 24.2 Å². The molecule has 1 aromatic rings. The number of ether oxygens (including phenoxy) is 1. The Morgan fingerprint density at radius 2 is 2.36 bits per heavy atom. The zero-order valence-corrected chi connectivity index (χ0v) is 6.23. The maximum atomic E-state index is 9.50. The van der Waals surface area contributed by atoms with Crippen molar-refractivity contribution < 1.29 is 14.3 Å². The van der Waals surface area contributed by atoms with Crippen LogP contribution in [0.25, 0.3) is 0 Å². The number of rotatable bonds is 2. The standard InChI is InChI=1S/C8H10O3/c1-5-8(11-5)7(9)6-3-2-4-10-6/h2-5,7-9H,1H3/t5-,7-,8+/m1/s1. The molecule has 3 atom stereocenters. The Kier molecular flexibility index (Phi) is 1.47. The van der Waals surface area contributed by atoms with E-state index in [1.165, 1.54) is 0 Å². The van der Waals surface area contributed by atoms with Crippen molar-refractivity contribution in [1.29, 1.82) is 0 Å². The van der Waals surface area contributed by atoms with Crippen LogP contribution in [0.4, 0.5) is 0 Å². The Morgan fingerprint density at radius 3 is 2.82 bits per heavy atom. The van der Waals surface area contributed by atoms with E-state index in [0.29, 0.717) is 5.76 Å². The van der Waals surface area contributed by atoms with Gasteiger partial charge in [0.1, 0.15) is 18.0 Å². The number of aliphatic hydroxyl groups is 1. The van der Waals surface area contributed by atoms with Crippen LogP contribution in [-0.4, -0.2) is 17.3 Å². The minimum atomic E-state index is -0.597. The Labute approximate surface area is 64.6 Å². The van der Waals surface area contributed by atoms with Crippen molar-refractivity contribution >= 4 is 0 Å². The van der Waals surface area contributed by atoms with Gasteiger partial charge in [0.15, 0.2) is 0 Å². The van der Waals surface area contributed by atoms with Crippen LogP contribution < -0.4 is 0 Å². The van der Waals surface area contributed by atoms with Crippen LogP contribution in [0.15, 0.2) is 22.8 Å². The van der Waals surface area contributed by atoms with Crippen molar-refractivity contribution in [1.82, 2.24) is 0 Å². The van der Waals surface area contributed by atoms with E-state index in [4.69, 9.17) is 9.15 Å². The molecule has 3 heteroatoms. The first-order valence-electron chi connectivity index (χ1n) is 3.66. The van der Waals surface area contributed by atoms with Crippen LogP contribution in [0.5, 0.6) is 0 Å². The lowest BCUT2D eigenvalue weighted by molar-refractivity contribution is 0.114. The molecule has 1 aliphatic heterocycles. The van der Waals surface area contributed by atoms with Crippen molar-refractivity contribution in [2.75, 3.05) is 0 Å². The second kappa shape index (κ2) is 2.36. The molecule has 0 saturated carbocycles. The topological polar surface area (TPSA) is 45.9 Å². The predicted molar refractivity (Wildman–Crippen MR) is 38.0 cm³/mol. The van der Waals surface area contributed by atoms with Gasteiger partial charge in [0.2, 0.25) is 0 Å². The van der Waals surface area contributed by atoms with Gasteiger partial charge in [-0.25, -0.2) is 0 Å². The molecule has 11 heavy (non-hydrogen) atoms. The van der Waals surface area contributed by atoms with Gasteiger partial charge in [-0.15, -0.1) is 0 Å². The first-order chi connectivity index (χ1) is 5.29. The molecule has 1 fully saturated rings. The number of aliphatic hydroxyl groups excluding tert-OH is 1. The van der Waals surface area contributed by atoms with Gasteiger partial charge in [-0.2, -0.15) is 0 Å². The van der Waals surface area contributed by atoms with Crippen molar-refractivity contribution in [2.24, 2.45) is 0 Å². The van der Waals surface area contributed by atoms with E-state index in [9.17, 15) is 5.11 Å². The lowest BCUT2D eigenvalue weighted by atomic mass is 10.2. The largest absolute Gasteiger partial charge is 0.466 e. The van der Waals surface area contributed by atoms with Gasteiger partial charge in [0.05, 0.1) is 12.4 Å². The van der Waals surface area contributed by atoms with E-state index in [1.807, 2.05) is 6.92 Å². The third kappa shape index (κ3) is 1.17. The molecular weight excluding hydrogens is 144 g/mol. The Morgan fingerprint density at radius 1 is 1.64 bits per heavy atom. The highest BCUT2D eigenvalue weighted by atomic mass is 16.6. The smallest absolute Gasteiger partial charge is 0.140 e. The average Bonchev–Trinajstić information content (AvgIpc) is 2.56. The molecule has 2 rings (SSSR count). The maximum absolute atomic E-state index is 9.50. The van der Waals surface area contributed by atoms with Crippen LogP contribution in [-0.2, 0) is 4.74 Å². The number of epoxide rings is 1. The van der Waals surface area contributed by atoms with E-state index in [-0.39, 0.29) is 12.2 Å². The predicted octanol–water partition coefficient (Wildman–Crippen LogP) is 1.10. The molecule has 1 aliphatic rings. The van der Waals surface area contributed by atoms with Gasteiger partial charge in [0, 0.05) is 0 Å². The first-order valence-corrected chi connectivity index (χ1v) is 3.66. The molecule has 0 aromatic carbocycles. The van der Waals surface area contributed by atoms with E-state index >= 15 is 0 Å². The molecule has 60 valence electrons. The van der Waals surface area contributed by atoms with E-state index in [0.717, 1.165) is 0 Å². The van der Waals surface area contributed by atoms with Gasteiger partial charge >= 0.3 is 0 Å². The summed E-state index contributed by atoms with van der Waals surface area (Å²) in [5.74, 6) is 0.583. The van der Waals surface area contributed by atoms with Crippen molar-refractivity contribution in [3.8, 4) is 0 Å². The lowest BCUT2D eigenvalue weighted by Gasteiger charge is -2.01.